The Balaban J connectivity index is 1.96. The summed E-state index contributed by atoms with van der Waals surface area (Å²) in [6.45, 7) is 2.76. The molecule has 132 valence electrons. The van der Waals surface area contributed by atoms with E-state index in [2.05, 4.69) is 10.3 Å². The van der Waals surface area contributed by atoms with Crippen LogP contribution in [-0.2, 0) is 17.9 Å². The fourth-order valence-electron chi connectivity index (χ4n) is 3.09. The molecule has 1 atom stereocenters. The number of nitrogens with one attached hydrogen (secondary N) is 1. The summed E-state index contributed by atoms with van der Waals surface area (Å²) < 4.78 is 13.2. The number of carbonyl (C=O) groups is 1. The number of amides is 1. The van der Waals surface area contributed by atoms with E-state index in [0.717, 1.165) is 0 Å². The molecule has 1 aromatic heterocycles. The van der Waals surface area contributed by atoms with Crippen molar-refractivity contribution in [2.24, 2.45) is 0 Å². The Kier molecular flexibility index (Phi) is 4.96. The van der Waals surface area contributed by atoms with Crippen LogP contribution in [0.15, 0.2) is 30.5 Å². The van der Waals surface area contributed by atoms with Gasteiger partial charge in [0.15, 0.2) is 0 Å². The molecule has 1 unspecified atom stereocenters. The van der Waals surface area contributed by atoms with Gasteiger partial charge in [0, 0.05) is 37.0 Å². The number of aliphatic hydroxyl groups excluding tert-OH is 1. The summed E-state index contributed by atoms with van der Waals surface area (Å²) in [5, 5.41) is 22.7. The molecule has 1 aliphatic heterocycles. The second kappa shape index (κ2) is 7.16. The van der Waals surface area contributed by atoms with Gasteiger partial charge in [0.1, 0.15) is 17.6 Å². The zero-order valence-electron chi connectivity index (χ0n) is 13.9. The van der Waals surface area contributed by atoms with Crippen LogP contribution in [-0.4, -0.2) is 39.1 Å². The molecule has 25 heavy (non-hydrogen) atoms. The third-order valence-electron chi connectivity index (χ3n) is 4.46. The van der Waals surface area contributed by atoms with Crippen molar-refractivity contribution >= 4 is 5.91 Å². The van der Waals surface area contributed by atoms with Crippen LogP contribution in [0.4, 0.5) is 4.39 Å². The van der Waals surface area contributed by atoms with Crippen LogP contribution in [0.2, 0.25) is 0 Å². The number of aliphatic hydroxyl groups is 1. The molecule has 2 heterocycles. The fourth-order valence-corrected chi connectivity index (χ4v) is 3.09. The average Bonchev–Trinajstić information content (AvgIpc) is 2.60. The number of aromatic nitrogens is 1. The Morgan fingerprint density at radius 2 is 2.08 bits per heavy atom. The molecule has 1 aliphatic rings. The predicted octanol–water partition coefficient (Wildman–Crippen LogP) is 1.40. The lowest BCUT2D eigenvalue weighted by atomic mass is 10.00. The minimum atomic E-state index is -0.589. The van der Waals surface area contributed by atoms with Gasteiger partial charge < -0.3 is 15.5 Å². The van der Waals surface area contributed by atoms with Gasteiger partial charge in [-0.1, -0.05) is 12.1 Å². The highest BCUT2D eigenvalue weighted by Crippen LogP contribution is 2.30. The van der Waals surface area contributed by atoms with E-state index in [9.17, 15) is 19.4 Å². The minimum absolute atomic E-state index is 0.0235. The number of aromatic hydroxyl groups is 1. The van der Waals surface area contributed by atoms with E-state index in [-0.39, 0.29) is 30.6 Å². The van der Waals surface area contributed by atoms with Crippen LogP contribution >= 0.6 is 0 Å². The number of halogens is 1. The van der Waals surface area contributed by atoms with Gasteiger partial charge in [0.05, 0.1) is 12.3 Å². The van der Waals surface area contributed by atoms with Crippen molar-refractivity contribution in [2.45, 2.75) is 26.1 Å². The van der Waals surface area contributed by atoms with Gasteiger partial charge in [0.25, 0.3) is 0 Å². The summed E-state index contributed by atoms with van der Waals surface area (Å²) in [5.74, 6) is -0.513. The molecule has 7 heteroatoms. The number of hydrogen-bond acceptors (Lipinski definition) is 5. The highest BCUT2D eigenvalue weighted by Gasteiger charge is 2.32. The van der Waals surface area contributed by atoms with Crippen LogP contribution < -0.4 is 5.32 Å². The molecule has 3 N–H and O–H groups in total. The fraction of sp³-hybridized carbons (Fsp3) is 0.333. The number of benzene rings is 1. The van der Waals surface area contributed by atoms with Crippen molar-refractivity contribution in [1.29, 1.82) is 0 Å². The topological polar surface area (TPSA) is 85.7 Å². The monoisotopic (exact) mass is 345 g/mol. The first-order chi connectivity index (χ1) is 12.0. The molecule has 0 spiro atoms. The van der Waals surface area contributed by atoms with Crippen molar-refractivity contribution < 1.29 is 19.4 Å². The van der Waals surface area contributed by atoms with E-state index >= 15 is 0 Å². The Morgan fingerprint density at radius 1 is 1.36 bits per heavy atom. The largest absolute Gasteiger partial charge is 0.506 e. The minimum Gasteiger partial charge on any atom is -0.506 e. The summed E-state index contributed by atoms with van der Waals surface area (Å²) >= 11 is 0. The Labute approximate surface area is 144 Å². The summed E-state index contributed by atoms with van der Waals surface area (Å²) in [4.78, 5) is 18.4. The number of hydrogen-bond donors (Lipinski definition) is 3. The van der Waals surface area contributed by atoms with Crippen LogP contribution in [0, 0.1) is 12.7 Å². The molecule has 0 aliphatic carbocycles. The second-order valence-corrected chi connectivity index (χ2v) is 6.07. The van der Waals surface area contributed by atoms with Crippen molar-refractivity contribution in [3.63, 3.8) is 0 Å². The number of nitrogens with zero attached hydrogens (tertiary/aromatic N) is 2. The van der Waals surface area contributed by atoms with Crippen LogP contribution in [0.1, 0.15) is 28.4 Å². The molecular formula is C18H20FN3O3. The maximum Gasteiger partial charge on any atom is 0.242 e. The molecule has 0 bridgehead atoms. The lowest BCUT2D eigenvalue weighted by Gasteiger charge is -2.35. The molecular weight excluding hydrogens is 325 g/mol. The Hall–Kier alpha value is -2.51. The standard InChI is InChI=1S/C18H20FN3O3/c1-11-17(24)15(13(10-23)8-21-11)9-22-7-6-20-18(25)16(22)12-2-4-14(19)5-3-12/h2-5,8,16,23-24H,6-7,9-10H2,1H3,(H,20,25). The smallest absolute Gasteiger partial charge is 0.242 e. The number of aryl methyl sites for hydroxylation is 1. The lowest BCUT2D eigenvalue weighted by molar-refractivity contribution is -0.129. The van der Waals surface area contributed by atoms with Crippen molar-refractivity contribution in [2.75, 3.05) is 13.1 Å². The molecule has 3 rings (SSSR count). The van der Waals surface area contributed by atoms with Crippen LogP contribution in [0.5, 0.6) is 5.75 Å². The van der Waals surface area contributed by atoms with E-state index in [4.69, 9.17) is 0 Å². The van der Waals surface area contributed by atoms with E-state index in [0.29, 0.717) is 35.5 Å². The molecule has 1 amide bonds. The maximum atomic E-state index is 13.2. The lowest BCUT2D eigenvalue weighted by Crippen LogP contribution is -2.49. The van der Waals surface area contributed by atoms with Gasteiger partial charge in [-0.25, -0.2) is 4.39 Å². The predicted molar refractivity (Wildman–Crippen MR) is 89.1 cm³/mol. The van der Waals surface area contributed by atoms with Gasteiger partial charge in [-0.15, -0.1) is 0 Å². The number of rotatable bonds is 4. The van der Waals surface area contributed by atoms with Crippen LogP contribution in [0.3, 0.4) is 0 Å². The van der Waals surface area contributed by atoms with E-state index in [1.807, 2.05) is 4.90 Å². The number of pyridine rings is 1. The normalized spacial score (nSPS) is 18.2. The van der Waals surface area contributed by atoms with Crippen molar-refractivity contribution in [3.05, 3.63) is 58.7 Å². The average molecular weight is 345 g/mol. The second-order valence-electron chi connectivity index (χ2n) is 6.07. The first kappa shape index (κ1) is 17.3. The zero-order chi connectivity index (χ0) is 18.0. The number of piperazine rings is 1. The third-order valence-corrected chi connectivity index (χ3v) is 4.46. The molecule has 1 fully saturated rings. The summed E-state index contributed by atoms with van der Waals surface area (Å²) in [6, 6.07) is 5.23. The van der Waals surface area contributed by atoms with Crippen molar-refractivity contribution in [1.82, 2.24) is 15.2 Å². The Morgan fingerprint density at radius 3 is 2.76 bits per heavy atom. The molecule has 1 saturated heterocycles. The SMILES string of the molecule is Cc1ncc(CO)c(CN2CCNC(=O)C2c2ccc(F)cc2)c1O. The summed E-state index contributed by atoms with van der Waals surface area (Å²) in [5.41, 5.74) is 2.21. The quantitative estimate of drug-likeness (QED) is 0.780. The summed E-state index contributed by atoms with van der Waals surface area (Å²) in [7, 11) is 0. The molecule has 2 aromatic rings. The molecule has 0 radical (unpaired) electrons. The number of carbonyl (C=O) groups excluding carboxylic acids is 1. The van der Waals surface area contributed by atoms with Crippen molar-refractivity contribution in [3.8, 4) is 5.75 Å². The first-order valence-corrected chi connectivity index (χ1v) is 8.05. The van der Waals surface area contributed by atoms with Gasteiger partial charge in [-0.3, -0.25) is 14.7 Å². The van der Waals surface area contributed by atoms with Gasteiger partial charge >= 0.3 is 0 Å². The van der Waals surface area contributed by atoms with Gasteiger partial charge in [-0.2, -0.15) is 0 Å². The maximum absolute atomic E-state index is 13.2. The third kappa shape index (κ3) is 3.47. The highest BCUT2D eigenvalue weighted by atomic mass is 19.1. The van der Waals surface area contributed by atoms with Gasteiger partial charge in [0.2, 0.25) is 5.91 Å². The highest BCUT2D eigenvalue weighted by molar-refractivity contribution is 5.83. The van der Waals surface area contributed by atoms with E-state index < -0.39 is 6.04 Å². The summed E-state index contributed by atoms with van der Waals surface area (Å²) in [6.07, 6.45) is 1.53. The van der Waals surface area contributed by atoms with Crippen LogP contribution in [0.25, 0.3) is 0 Å². The van der Waals surface area contributed by atoms with E-state index in [1.165, 1.54) is 18.3 Å². The molecule has 0 saturated carbocycles. The Bertz CT molecular complexity index is 780. The first-order valence-electron chi connectivity index (χ1n) is 8.05. The molecule has 6 nitrogen and oxygen atoms in total. The zero-order valence-corrected chi connectivity index (χ0v) is 13.9. The molecule has 1 aromatic carbocycles. The van der Waals surface area contributed by atoms with E-state index in [1.54, 1.807) is 19.1 Å². The van der Waals surface area contributed by atoms with Gasteiger partial charge in [-0.05, 0) is 24.6 Å².